The highest BCUT2D eigenvalue weighted by molar-refractivity contribution is 6.36. The molecule has 2 aromatic heterocycles. The SMILES string of the molecule is Cc1c(-c2nc3c(o2)CN(C(=O)CN2CCC(C(=O)O)CC2)C3)cccc1-c1cccc(NC(=O)c2nc3c(n2C)CCN(C)C3)c1Cl. The highest BCUT2D eigenvalue weighted by Crippen LogP contribution is 2.39. The number of nitrogens with one attached hydrogen (secondary N) is 1. The van der Waals surface area contributed by atoms with E-state index in [-0.39, 0.29) is 24.3 Å². The standard InChI is InChI=1S/C35H38ClN7O5/c1-20-22(24-8-5-9-25(31(24)36)38-33(45)32-37-26-16-40(2)13-12-28(26)41(32)3)6-4-7-23(20)34-39-27-17-43(18-29(27)48-34)30(44)19-42-14-10-21(11-15-42)35(46)47/h4-9,21H,10-19H2,1-3H3,(H,38,45)(H,46,47). The first-order chi connectivity index (χ1) is 23.1. The van der Waals surface area contributed by atoms with Gasteiger partial charge in [0.1, 0.15) is 11.5 Å². The molecule has 0 bridgehead atoms. The highest BCUT2D eigenvalue weighted by Gasteiger charge is 2.32. The molecule has 1 saturated heterocycles. The van der Waals surface area contributed by atoms with Gasteiger partial charge in [0.25, 0.3) is 5.91 Å². The molecule has 0 atom stereocenters. The van der Waals surface area contributed by atoms with Gasteiger partial charge < -0.3 is 29.2 Å². The van der Waals surface area contributed by atoms with Crippen LogP contribution in [-0.2, 0) is 42.7 Å². The Kier molecular flexibility index (Phi) is 8.57. The Morgan fingerprint density at radius 2 is 1.69 bits per heavy atom. The van der Waals surface area contributed by atoms with Crippen LogP contribution in [0.25, 0.3) is 22.6 Å². The number of carboxylic acids is 1. The Bertz CT molecular complexity index is 1900. The molecule has 0 aliphatic carbocycles. The van der Waals surface area contributed by atoms with E-state index in [1.54, 1.807) is 11.0 Å². The first-order valence-corrected chi connectivity index (χ1v) is 16.6. The first-order valence-electron chi connectivity index (χ1n) is 16.2. The summed E-state index contributed by atoms with van der Waals surface area (Å²) in [6, 6.07) is 11.4. The van der Waals surface area contributed by atoms with Crippen molar-refractivity contribution >= 4 is 35.1 Å². The van der Waals surface area contributed by atoms with E-state index in [9.17, 15) is 19.5 Å². The van der Waals surface area contributed by atoms with Crippen LogP contribution < -0.4 is 5.32 Å². The predicted octanol–water partition coefficient (Wildman–Crippen LogP) is 4.58. The van der Waals surface area contributed by atoms with Crippen molar-refractivity contribution in [1.82, 2.24) is 29.2 Å². The maximum absolute atomic E-state index is 13.4. The number of aliphatic carboxylic acids is 1. The fraction of sp³-hybridized carbons (Fsp3) is 0.400. The number of anilines is 1. The van der Waals surface area contributed by atoms with E-state index in [1.165, 1.54) is 0 Å². The van der Waals surface area contributed by atoms with Crippen LogP contribution in [0.1, 0.15) is 51.9 Å². The lowest BCUT2D eigenvalue weighted by atomic mass is 9.96. The molecule has 2 amide bonds. The smallest absolute Gasteiger partial charge is 0.306 e. The van der Waals surface area contributed by atoms with E-state index in [1.807, 2.05) is 60.8 Å². The lowest BCUT2D eigenvalue weighted by Crippen LogP contribution is -2.43. The monoisotopic (exact) mass is 671 g/mol. The van der Waals surface area contributed by atoms with Crippen molar-refractivity contribution < 1.29 is 23.9 Å². The van der Waals surface area contributed by atoms with E-state index in [0.29, 0.717) is 73.8 Å². The number of benzene rings is 2. The van der Waals surface area contributed by atoms with E-state index < -0.39 is 5.97 Å². The van der Waals surface area contributed by atoms with Gasteiger partial charge in [0.05, 0.1) is 42.0 Å². The van der Waals surface area contributed by atoms with Crippen molar-refractivity contribution in [3.8, 4) is 22.6 Å². The van der Waals surface area contributed by atoms with E-state index >= 15 is 0 Å². The normalized spacial score (nSPS) is 17.0. The molecule has 12 nitrogen and oxygen atoms in total. The van der Waals surface area contributed by atoms with Crippen LogP contribution in [0.15, 0.2) is 40.8 Å². The van der Waals surface area contributed by atoms with Gasteiger partial charge in [0.2, 0.25) is 11.8 Å². The molecule has 1 fully saturated rings. The maximum atomic E-state index is 13.4. The number of piperidine rings is 1. The quantitative estimate of drug-likeness (QED) is 0.289. The molecular weight excluding hydrogens is 634 g/mol. The second-order valence-corrected chi connectivity index (χ2v) is 13.4. The summed E-state index contributed by atoms with van der Waals surface area (Å²) in [7, 11) is 3.92. The summed E-state index contributed by atoms with van der Waals surface area (Å²) in [6.45, 7) is 5.78. The Labute approximate surface area is 283 Å². The molecule has 2 N–H and O–H groups in total. The number of hydrogen-bond donors (Lipinski definition) is 2. The summed E-state index contributed by atoms with van der Waals surface area (Å²) >= 11 is 6.95. The molecule has 0 saturated carbocycles. The molecule has 13 heteroatoms. The summed E-state index contributed by atoms with van der Waals surface area (Å²) in [5.74, 6) is 0.0677. The molecule has 5 heterocycles. The lowest BCUT2D eigenvalue weighted by molar-refractivity contribution is -0.143. The molecule has 2 aromatic carbocycles. The number of carboxylic acid groups (broad SMARTS) is 1. The first kappa shape index (κ1) is 32.0. The number of fused-ring (bicyclic) bond motifs is 2. The Hall–Kier alpha value is -4.52. The summed E-state index contributed by atoms with van der Waals surface area (Å²) in [4.78, 5) is 53.0. The molecule has 48 heavy (non-hydrogen) atoms. The average molecular weight is 672 g/mol. The van der Waals surface area contributed by atoms with Crippen LogP contribution in [0.3, 0.4) is 0 Å². The van der Waals surface area contributed by atoms with Gasteiger partial charge in [-0.1, -0.05) is 35.9 Å². The average Bonchev–Trinajstić information content (AvgIpc) is 3.74. The number of hydrogen-bond acceptors (Lipinski definition) is 8. The van der Waals surface area contributed by atoms with Gasteiger partial charge in [-0.3, -0.25) is 19.3 Å². The number of imidazole rings is 1. The topological polar surface area (TPSA) is 137 Å². The number of halogens is 1. The number of oxazole rings is 1. The molecule has 250 valence electrons. The number of rotatable bonds is 7. The number of likely N-dealkylation sites (tertiary alicyclic amines) is 1. The molecule has 3 aliphatic heterocycles. The molecule has 3 aliphatic rings. The minimum atomic E-state index is -0.763. The van der Waals surface area contributed by atoms with Crippen molar-refractivity contribution in [3.05, 3.63) is 75.7 Å². The van der Waals surface area contributed by atoms with Gasteiger partial charge in [-0.05, 0) is 63.2 Å². The van der Waals surface area contributed by atoms with Crippen LogP contribution in [-0.4, -0.2) is 85.4 Å². The number of aromatic nitrogens is 3. The Morgan fingerprint density at radius 3 is 2.44 bits per heavy atom. The zero-order valence-corrected chi connectivity index (χ0v) is 28.0. The molecular formula is C35H38ClN7O5. The summed E-state index contributed by atoms with van der Waals surface area (Å²) in [6.07, 6.45) is 1.96. The number of carbonyl (C=O) groups excluding carboxylic acids is 2. The number of likely N-dealkylation sites (N-methyl/N-ethyl adjacent to an activating group) is 1. The molecule has 7 rings (SSSR count). The van der Waals surface area contributed by atoms with Gasteiger partial charge in [0.15, 0.2) is 5.82 Å². The van der Waals surface area contributed by atoms with Gasteiger partial charge in [0, 0.05) is 43.4 Å². The van der Waals surface area contributed by atoms with Crippen molar-refractivity contribution in [2.45, 2.75) is 45.8 Å². The van der Waals surface area contributed by atoms with Crippen LogP contribution >= 0.6 is 11.6 Å². The van der Waals surface area contributed by atoms with Crippen molar-refractivity contribution in [3.63, 3.8) is 0 Å². The van der Waals surface area contributed by atoms with Crippen molar-refractivity contribution in [1.29, 1.82) is 0 Å². The third kappa shape index (κ3) is 5.99. The second kappa shape index (κ2) is 12.8. The molecule has 4 aromatic rings. The largest absolute Gasteiger partial charge is 0.481 e. The Morgan fingerprint density at radius 1 is 0.958 bits per heavy atom. The number of amides is 2. The summed E-state index contributed by atoms with van der Waals surface area (Å²) in [5, 5.41) is 12.6. The second-order valence-electron chi connectivity index (χ2n) is 13.0. The van der Waals surface area contributed by atoms with Crippen molar-refractivity contribution in [2.75, 3.05) is 38.5 Å². The lowest BCUT2D eigenvalue weighted by Gasteiger charge is -2.30. The maximum Gasteiger partial charge on any atom is 0.306 e. The summed E-state index contributed by atoms with van der Waals surface area (Å²) in [5.41, 5.74) is 6.61. The van der Waals surface area contributed by atoms with Gasteiger partial charge in [-0.15, -0.1) is 0 Å². The van der Waals surface area contributed by atoms with E-state index in [4.69, 9.17) is 21.0 Å². The van der Waals surface area contributed by atoms with Crippen LogP contribution in [0.4, 0.5) is 5.69 Å². The number of carbonyl (C=O) groups is 3. The minimum absolute atomic E-state index is 0.0200. The third-order valence-corrected chi connectivity index (χ3v) is 10.3. The van der Waals surface area contributed by atoms with Crippen LogP contribution in [0.5, 0.6) is 0 Å². The van der Waals surface area contributed by atoms with Gasteiger partial charge >= 0.3 is 5.97 Å². The minimum Gasteiger partial charge on any atom is -0.481 e. The van der Waals surface area contributed by atoms with E-state index in [2.05, 4.69) is 15.2 Å². The van der Waals surface area contributed by atoms with E-state index in [0.717, 1.165) is 52.3 Å². The van der Waals surface area contributed by atoms with Crippen LogP contribution in [0, 0.1) is 12.8 Å². The number of nitrogens with zero attached hydrogens (tertiary/aromatic N) is 6. The molecule has 0 radical (unpaired) electrons. The Balaban J connectivity index is 1.05. The zero-order valence-electron chi connectivity index (χ0n) is 27.3. The highest BCUT2D eigenvalue weighted by atomic mass is 35.5. The van der Waals surface area contributed by atoms with Crippen molar-refractivity contribution in [2.24, 2.45) is 13.0 Å². The van der Waals surface area contributed by atoms with Gasteiger partial charge in [-0.2, -0.15) is 0 Å². The third-order valence-electron chi connectivity index (χ3n) is 9.85. The fourth-order valence-corrected chi connectivity index (χ4v) is 7.27. The summed E-state index contributed by atoms with van der Waals surface area (Å²) < 4.78 is 8.09. The zero-order chi connectivity index (χ0) is 33.7. The van der Waals surface area contributed by atoms with Gasteiger partial charge in [-0.25, -0.2) is 9.97 Å². The fourth-order valence-electron chi connectivity index (χ4n) is 7.00. The van der Waals surface area contributed by atoms with Crippen LogP contribution in [0.2, 0.25) is 5.02 Å². The molecule has 0 unspecified atom stereocenters. The molecule has 0 spiro atoms. The predicted molar refractivity (Wildman–Crippen MR) is 179 cm³/mol.